The predicted octanol–water partition coefficient (Wildman–Crippen LogP) is 5.10. The Morgan fingerprint density at radius 2 is 1.32 bits per heavy atom. The van der Waals surface area contributed by atoms with Crippen molar-refractivity contribution in [2.24, 2.45) is 4.99 Å². The summed E-state index contributed by atoms with van der Waals surface area (Å²) in [5, 5.41) is 0. The molecule has 0 amide bonds. The van der Waals surface area contributed by atoms with Gasteiger partial charge in [-0.3, -0.25) is 4.99 Å². The summed E-state index contributed by atoms with van der Waals surface area (Å²) in [5.41, 5.74) is 4.49. The summed E-state index contributed by atoms with van der Waals surface area (Å²) >= 11 is 0. The number of ether oxygens (including phenoxy) is 2. The maximum absolute atomic E-state index is 5.32. The number of anilines is 1. The van der Waals surface area contributed by atoms with Crippen molar-refractivity contribution in [1.82, 2.24) is 0 Å². The van der Waals surface area contributed by atoms with Crippen LogP contribution in [0.1, 0.15) is 24.2 Å². The molecule has 0 saturated carbocycles. The highest BCUT2D eigenvalue weighted by Gasteiger charge is 2.35. The summed E-state index contributed by atoms with van der Waals surface area (Å²) in [5.74, 6) is 1.70. The smallest absolute Gasteiger partial charge is 0.148 e. The van der Waals surface area contributed by atoms with Crippen LogP contribution in [0.25, 0.3) is 0 Å². The van der Waals surface area contributed by atoms with Crippen LogP contribution in [0.3, 0.4) is 0 Å². The minimum atomic E-state index is -0.0830. The minimum absolute atomic E-state index is 0.0830. The van der Waals surface area contributed by atoms with Crippen molar-refractivity contribution in [2.45, 2.75) is 19.1 Å². The SMILES string of the molecule is COc1ccc(C2=NC(c3ccc(OC)cc3)N(c3ccccc3)C2C)cc1. The number of methoxy groups -OCH3 is 2. The molecule has 1 aliphatic heterocycles. The van der Waals surface area contributed by atoms with Crippen molar-refractivity contribution in [1.29, 1.82) is 0 Å². The Morgan fingerprint density at radius 3 is 1.89 bits per heavy atom. The van der Waals surface area contributed by atoms with Crippen molar-refractivity contribution >= 4 is 11.4 Å². The summed E-state index contributed by atoms with van der Waals surface area (Å²) in [6.45, 7) is 2.21. The Morgan fingerprint density at radius 1 is 0.750 bits per heavy atom. The van der Waals surface area contributed by atoms with Crippen molar-refractivity contribution in [2.75, 3.05) is 19.1 Å². The number of para-hydroxylation sites is 1. The highest BCUT2D eigenvalue weighted by Crippen LogP contribution is 2.37. The van der Waals surface area contributed by atoms with E-state index in [0.717, 1.165) is 34.0 Å². The van der Waals surface area contributed by atoms with Crippen molar-refractivity contribution in [3.8, 4) is 11.5 Å². The molecule has 0 bridgehead atoms. The quantitative estimate of drug-likeness (QED) is 0.625. The van der Waals surface area contributed by atoms with Gasteiger partial charge in [0.1, 0.15) is 17.7 Å². The molecule has 0 fully saturated rings. The summed E-state index contributed by atoms with van der Waals surface area (Å²) in [7, 11) is 3.37. The summed E-state index contributed by atoms with van der Waals surface area (Å²) in [6, 6.07) is 26.9. The maximum Gasteiger partial charge on any atom is 0.148 e. The molecular weight excluding hydrogens is 348 g/mol. The van der Waals surface area contributed by atoms with Crippen LogP contribution in [0, 0.1) is 0 Å². The predicted molar refractivity (Wildman–Crippen MR) is 114 cm³/mol. The molecule has 1 heterocycles. The number of rotatable bonds is 5. The third-order valence-electron chi connectivity index (χ3n) is 5.19. The van der Waals surface area contributed by atoms with Gasteiger partial charge < -0.3 is 14.4 Å². The summed E-state index contributed by atoms with van der Waals surface area (Å²) in [4.78, 5) is 7.50. The van der Waals surface area contributed by atoms with E-state index in [1.165, 1.54) is 0 Å². The Balaban J connectivity index is 1.76. The van der Waals surface area contributed by atoms with E-state index < -0.39 is 0 Å². The van der Waals surface area contributed by atoms with E-state index in [0.29, 0.717) is 0 Å². The van der Waals surface area contributed by atoms with E-state index in [1.54, 1.807) is 14.2 Å². The Labute approximate surface area is 166 Å². The van der Waals surface area contributed by atoms with Gasteiger partial charge in [0.2, 0.25) is 0 Å². The first-order valence-corrected chi connectivity index (χ1v) is 9.40. The molecule has 1 aliphatic rings. The van der Waals surface area contributed by atoms with Crippen LogP contribution < -0.4 is 14.4 Å². The second-order valence-electron chi connectivity index (χ2n) is 6.81. The van der Waals surface area contributed by atoms with Crippen LogP contribution >= 0.6 is 0 Å². The molecule has 28 heavy (non-hydrogen) atoms. The molecule has 2 unspecified atom stereocenters. The number of hydrogen-bond acceptors (Lipinski definition) is 4. The molecule has 0 aromatic heterocycles. The fourth-order valence-electron chi connectivity index (χ4n) is 3.70. The van der Waals surface area contributed by atoms with Crippen molar-refractivity contribution in [3.05, 3.63) is 90.0 Å². The Kier molecular flexibility index (Phi) is 5.02. The van der Waals surface area contributed by atoms with Crippen molar-refractivity contribution in [3.63, 3.8) is 0 Å². The van der Waals surface area contributed by atoms with Gasteiger partial charge in [-0.1, -0.05) is 30.3 Å². The van der Waals surface area contributed by atoms with Gasteiger partial charge in [-0.25, -0.2) is 0 Å². The third-order valence-corrected chi connectivity index (χ3v) is 5.19. The van der Waals surface area contributed by atoms with Gasteiger partial charge in [0.05, 0.1) is 26.0 Å². The van der Waals surface area contributed by atoms with E-state index in [1.807, 2.05) is 30.3 Å². The summed E-state index contributed by atoms with van der Waals surface area (Å²) in [6.07, 6.45) is -0.0830. The molecule has 0 aliphatic carbocycles. The number of benzene rings is 3. The number of nitrogens with zero attached hydrogens (tertiary/aromatic N) is 2. The summed E-state index contributed by atoms with van der Waals surface area (Å²) < 4.78 is 10.6. The van der Waals surface area contributed by atoms with Gasteiger partial charge >= 0.3 is 0 Å². The standard InChI is InChI=1S/C24H24N2O2/c1-17-23(18-9-13-21(27-2)14-10-18)25-24(19-11-15-22(28-3)16-12-19)26(17)20-7-5-4-6-8-20/h4-17,24H,1-3H3. The van der Waals surface area contributed by atoms with E-state index >= 15 is 0 Å². The highest BCUT2D eigenvalue weighted by molar-refractivity contribution is 6.07. The molecule has 0 saturated heterocycles. The molecule has 3 aromatic carbocycles. The second-order valence-corrected chi connectivity index (χ2v) is 6.81. The molecule has 4 heteroatoms. The lowest BCUT2D eigenvalue weighted by atomic mass is 10.0. The lowest BCUT2D eigenvalue weighted by molar-refractivity contribution is 0.414. The first-order chi connectivity index (χ1) is 13.7. The van der Waals surface area contributed by atoms with Gasteiger partial charge in [-0.05, 0) is 66.6 Å². The van der Waals surface area contributed by atoms with Crippen LogP contribution in [0.15, 0.2) is 83.9 Å². The van der Waals surface area contributed by atoms with E-state index in [9.17, 15) is 0 Å². The molecule has 142 valence electrons. The molecule has 4 rings (SSSR count). The van der Waals surface area contributed by atoms with Crippen LogP contribution in [-0.4, -0.2) is 26.0 Å². The molecule has 0 radical (unpaired) electrons. The topological polar surface area (TPSA) is 34.1 Å². The largest absolute Gasteiger partial charge is 0.497 e. The van der Waals surface area contributed by atoms with Crippen LogP contribution in [0.2, 0.25) is 0 Å². The van der Waals surface area contributed by atoms with E-state index in [-0.39, 0.29) is 12.2 Å². The van der Waals surface area contributed by atoms with Gasteiger partial charge in [-0.2, -0.15) is 0 Å². The lowest BCUT2D eigenvalue weighted by Gasteiger charge is -2.30. The van der Waals surface area contributed by atoms with Crippen LogP contribution in [0.5, 0.6) is 11.5 Å². The first-order valence-electron chi connectivity index (χ1n) is 9.40. The highest BCUT2D eigenvalue weighted by atomic mass is 16.5. The van der Waals surface area contributed by atoms with Crippen LogP contribution in [-0.2, 0) is 0 Å². The van der Waals surface area contributed by atoms with E-state index in [2.05, 4.69) is 60.4 Å². The van der Waals surface area contributed by atoms with Gasteiger partial charge in [0.15, 0.2) is 0 Å². The fourth-order valence-corrected chi connectivity index (χ4v) is 3.70. The zero-order valence-electron chi connectivity index (χ0n) is 16.4. The zero-order chi connectivity index (χ0) is 19.5. The van der Waals surface area contributed by atoms with E-state index in [4.69, 9.17) is 14.5 Å². The monoisotopic (exact) mass is 372 g/mol. The molecule has 3 aromatic rings. The first kappa shape index (κ1) is 18.1. The second kappa shape index (κ2) is 7.77. The normalized spacial score (nSPS) is 18.7. The number of hydrogen-bond donors (Lipinski definition) is 0. The fraction of sp³-hybridized carbons (Fsp3) is 0.208. The molecule has 0 spiro atoms. The molecular formula is C24H24N2O2. The number of aliphatic imine (C=N–C) groups is 1. The minimum Gasteiger partial charge on any atom is -0.497 e. The molecule has 0 N–H and O–H groups in total. The van der Waals surface area contributed by atoms with Gasteiger partial charge in [0, 0.05) is 5.69 Å². The van der Waals surface area contributed by atoms with Gasteiger partial charge in [-0.15, -0.1) is 0 Å². The van der Waals surface area contributed by atoms with Gasteiger partial charge in [0.25, 0.3) is 0 Å². The Hall–Kier alpha value is -3.27. The average Bonchev–Trinajstić information content (AvgIpc) is 3.11. The van der Waals surface area contributed by atoms with Crippen LogP contribution in [0.4, 0.5) is 5.69 Å². The lowest BCUT2D eigenvalue weighted by Crippen LogP contribution is -2.35. The average molecular weight is 372 g/mol. The van der Waals surface area contributed by atoms with Crippen molar-refractivity contribution < 1.29 is 9.47 Å². The third kappa shape index (κ3) is 3.33. The Bertz CT molecular complexity index is 950. The zero-order valence-corrected chi connectivity index (χ0v) is 16.4. The molecule has 4 nitrogen and oxygen atoms in total. The molecule has 2 atom stereocenters. The maximum atomic E-state index is 5.32.